The van der Waals surface area contributed by atoms with E-state index in [0.717, 1.165) is 39.1 Å². The second kappa shape index (κ2) is 8.04. The van der Waals surface area contributed by atoms with Crippen LogP contribution in [0.1, 0.15) is 18.4 Å². The van der Waals surface area contributed by atoms with Crippen molar-refractivity contribution in [2.75, 3.05) is 26.9 Å². The van der Waals surface area contributed by atoms with Gasteiger partial charge < -0.3 is 19.7 Å². The van der Waals surface area contributed by atoms with Crippen LogP contribution in [-0.4, -0.2) is 36.5 Å². The van der Waals surface area contributed by atoms with Crippen molar-refractivity contribution < 1.29 is 9.84 Å². The molecule has 0 fully saturated rings. The van der Waals surface area contributed by atoms with Gasteiger partial charge >= 0.3 is 0 Å². The van der Waals surface area contributed by atoms with Crippen molar-refractivity contribution >= 4 is 10.9 Å². The molecular formula is C16H24N2O2. The van der Waals surface area contributed by atoms with Crippen molar-refractivity contribution in [3.05, 3.63) is 36.0 Å². The number of rotatable bonds is 9. The molecule has 0 aliphatic carbocycles. The summed E-state index contributed by atoms with van der Waals surface area (Å²) in [7, 11) is 1.72. The molecule has 2 N–H and O–H groups in total. The highest BCUT2D eigenvalue weighted by atomic mass is 16.5. The number of ether oxygens (including phenoxy) is 1. The Morgan fingerprint density at radius 3 is 2.95 bits per heavy atom. The fourth-order valence-electron chi connectivity index (χ4n) is 2.34. The van der Waals surface area contributed by atoms with Crippen LogP contribution in [-0.2, 0) is 17.8 Å². The first-order valence-corrected chi connectivity index (χ1v) is 7.23. The highest BCUT2D eigenvalue weighted by Crippen LogP contribution is 2.18. The molecule has 0 saturated heterocycles. The summed E-state index contributed by atoms with van der Waals surface area (Å²) in [4.78, 5) is 0. The molecule has 1 heterocycles. The zero-order valence-electron chi connectivity index (χ0n) is 12.1. The van der Waals surface area contributed by atoms with Crippen LogP contribution < -0.4 is 5.32 Å². The summed E-state index contributed by atoms with van der Waals surface area (Å²) < 4.78 is 7.29. The minimum absolute atomic E-state index is 0.272. The molecule has 0 aliphatic rings. The Bertz CT molecular complexity index is 522. The Labute approximate surface area is 120 Å². The van der Waals surface area contributed by atoms with E-state index in [1.54, 1.807) is 7.11 Å². The Morgan fingerprint density at radius 1 is 1.25 bits per heavy atom. The highest BCUT2D eigenvalue weighted by Gasteiger charge is 2.02. The fourth-order valence-corrected chi connectivity index (χ4v) is 2.34. The summed E-state index contributed by atoms with van der Waals surface area (Å²) in [6, 6.07) is 8.73. The molecule has 0 atom stereocenters. The molecule has 0 spiro atoms. The van der Waals surface area contributed by atoms with E-state index in [9.17, 15) is 0 Å². The Balaban J connectivity index is 2.00. The number of aromatic nitrogens is 1. The van der Waals surface area contributed by atoms with E-state index in [1.807, 2.05) is 0 Å². The zero-order chi connectivity index (χ0) is 14.2. The molecule has 110 valence electrons. The van der Waals surface area contributed by atoms with Crippen molar-refractivity contribution in [2.24, 2.45) is 0 Å². The summed E-state index contributed by atoms with van der Waals surface area (Å²) in [6.07, 6.45) is 4.00. The van der Waals surface area contributed by atoms with Gasteiger partial charge in [-0.1, -0.05) is 12.1 Å². The summed E-state index contributed by atoms with van der Waals surface area (Å²) in [6.45, 7) is 3.70. The molecule has 4 nitrogen and oxygen atoms in total. The van der Waals surface area contributed by atoms with Crippen molar-refractivity contribution in [3.8, 4) is 0 Å². The molecule has 0 radical (unpaired) electrons. The molecule has 2 rings (SSSR count). The van der Waals surface area contributed by atoms with E-state index >= 15 is 0 Å². The molecule has 0 aliphatic heterocycles. The van der Waals surface area contributed by atoms with Gasteiger partial charge in [-0.15, -0.1) is 0 Å². The minimum Gasteiger partial charge on any atom is -0.396 e. The SMILES string of the molecule is COCCNCc1ccc2ccn(CCCCO)c2c1. The normalized spacial score (nSPS) is 11.3. The number of hydrogen-bond acceptors (Lipinski definition) is 3. The number of aryl methyl sites for hydroxylation is 1. The average molecular weight is 276 g/mol. The first-order chi connectivity index (χ1) is 9.85. The van der Waals surface area contributed by atoms with E-state index < -0.39 is 0 Å². The molecule has 4 heteroatoms. The smallest absolute Gasteiger partial charge is 0.0587 e. The lowest BCUT2D eigenvalue weighted by Crippen LogP contribution is -2.18. The van der Waals surface area contributed by atoms with E-state index in [4.69, 9.17) is 9.84 Å². The lowest BCUT2D eigenvalue weighted by atomic mass is 10.1. The number of nitrogens with zero attached hydrogens (tertiary/aromatic N) is 1. The number of hydrogen-bond donors (Lipinski definition) is 2. The first kappa shape index (κ1) is 15.0. The highest BCUT2D eigenvalue weighted by molar-refractivity contribution is 5.80. The number of nitrogens with one attached hydrogen (secondary N) is 1. The topological polar surface area (TPSA) is 46.4 Å². The van der Waals surface area contributed by atoms with Crippen molar-refractivity contribution in [1.29, 1.82) is 0 Å². The molecular weight excluding hydrogens is 252 g/mol. The zero-order valence-corrected chi connectivity index (χ0v) is 12.1. The van der Waals surface area contributed by atoms with Gasteiger partial charge in [-0.2, -0.15) is 0 Å². The lowest BCUT2D eigenvalue weighted by molar-refractivity contribution is 0.199. The third-order valence-electron chi connectivity index (χ3n) is 3.46. The number of aliphatic hydroxyl groups excluding tert-OH is 1. The number of unbranched alkanes of at least 4 members (excludes halogenated alkanes) is 1. The van der Waals surface area contributed by atoms with E-state index in [-0.39, 0.29) is 6.61 Å². The van der Waals surface area contributed by atoms with Crippen LogP contribution in [0.15, 0.2) is 30.5 Å². The van der Waals surface area contributed by atoms with Gasteiger partial charge in [-0.25, -0.2) is 0 Å². The van der Waals surface area contributed by atoms with Gasteiger partial charge in [0.2, 0.25) is 0 Å². The van der Waals surface area contributed by atoms with Crippen molar-refractivity contribution in [2.45, 2.75) is 25.9 Å². The second-order valence-corrected chi connectivity index (χ2v) is 5.00. The van der Waals surface area contributed by atoms with Gasteiger partial charge in [0.1, 0.15) is 0 Å². The third-order valence-corrected chi connectivity index (χ3v) is 3.46. The fraction of sp³-hybridized carbons (Fsp3) is 0.500. The molecule has 1 aromatic carbocycles. The van der Waals surface area contributed by atoms with Crippen LogP contribution in [0, 0.1) is 0 Å². The molecule has 0 bridgehead atoms. The predicted octanol–water partition coefficient (Wildman–Crippen LogP) is 2.15. The molecule has 0 saturated carbocycles. The van der Waals surface area contributed by atoms with Crippen LogP contribution in [0.2, 0.25) is 0 Å². The van der Waals surface area contributed by atoms with Crippen LogP contribution in [0.5, 0.6) is 0 Å². The number of fused-ring (bicyclic) bond motifs is 1. The quantitative estimate of drug-likeness (QED) is 0.690. The summed E-state index contributed by atoms with van der Waals surface area (Å²) >= 11 is 0. The molecule has 0 unspecified atom stereocenters. The van der Waals surface area contributed by atoms with Crippen LogP contribution >= 0.6 is 0 Å². The molecule has 0 amide bonds. The van der Waals surface area contributed by atoms with E-state index in [0.29, 0.717) is 0 Å². The maximum Gasteiger partial charge on any atom is 0.0587 e. The predicted molar refractivity (Wildman–Crippen MR) is 81.8 cm³/mol. The van der Waals surface area contributed by atoms with Crippen LogP contribution in [0.4, 0.5) is 0 Å². The van der Waals surface area contributed by atoms with Gasteiger partial charge in [0.15, 0.2) is 0 Å². The Morgan fingerprint density at radius 2 is 2.15 bits per heavy atom. The van der Waals surface area contributed by atoms with E-state index in [2.05, 4.69) is 40.3 Å². The lowest BCUT2D eigenvalue weighted by Gasteiger charge is -2.08. The Kier molecular flexibility index (Phi) is 6.05. The van der Waals surface area contributed by atoms with Crippen molar-refractivity contribution in [3.63, 3.8) is 0 Å². The second-order valence-electron chi connectivity index (χ2n) is 5.00. The summed E-state index contributed by atoms with van der Waals surface area (Å²) in [5.41, 5.74) is 2.56. The maximum absolute atomic E-state index is 8.87. The van der Waals surface area contributed by atoms with Crippen LogP contribution in [0.25, 0.3) is 10.9 Å². The molecule has 20 heavy (non-hydrogen) atoms. The van der Waals surface area contributed by atoms with Gasteiger partial charge in [0.05, 0.1) is 6.61 Å². The molecule has 2 aromatic rings. The minimum atomic E-state index is 0.272. The number of benzene rings is 1. The Hall–Kier alpha value is -1.36. The summed E-state index contributed by atoms with van der Waals surface area (Å²) in [5, 5.41) is 13.5. The monoisotopic (exact) mass is 276 g/mol. The summed E-state index contributed by atoms with van der Waals surface area (Å²) in [5.74, 6) is 0. The third kappa shape index (κ3) is 4.07. The molecule has 1 aromatic heterocycles. The van der Waals surface area contributed by atoms with Gasteiger partial charge in [-0.3, -0.25) is 0 Å². The van der Waals surface area contributed by atoms with Crippen LogP contribution in [0.3, 0.4) is 0 Å². The average Bonchev–Trinajstić information content (AvgIpc) is 2.87. The van der Waals surface area contributed by atoms with E-state index in [1.165, 1.54) is 16.5 Å². The number of aliphatic hydroxyl groups is 1. The van der Waals surface area contributed by atoms with Crippen molar-refractivity contribution in [1.82, 2.24) is 9.88 Å². The number of methoxy groups -OCH3 is 1. The maximum atomic E-state index is 8.87. The standard InChI is InChI=1S/C16H24N2O2/c1-20-11-7-17-13-14-4-5-15-6-9-18(16(15)12-14)8-2-3-10-19/h4-6,9,12,17,19H,2-3,7-8,10-11,13H2,1H3. The van der Waals surface area contributed by atoms with Gasteiger partial charge in [-0.05, 0) is 35.9 Å². The largest absolute Gasteiger partial charge is 0.396 e. The van der Waals surface area contributed by atoms with Gasteiger partial charge in [0.25, 0.3) is 0 Å². The first-order valence-electron chi connectivity index (χ1n) is 7.23. The van der Waals surface area contributed by atoms with Gasteiger partial charge in [0, 0.05) is 45.1 Å².